The van der Waals surface area contributed by atoms with Crippen LogP contribution in [0.4, 0.5) is 0 Å². The number of amides is 1. The van der Waals surface area contributed by atoms with Crippen LogP contribution in [0.2, 0.25) is 0 Å². The summed E-state index contributed by atoms with van der Waals surface area (Å²) in [5.41, 5.74) is 1.73. The quantitative estimate of drug-likeness (QED) is 0.146. The molecule has 0 bridgehead atoms. The summed E-state index contributed by atoms with van der Waals surface area (Å²) >= 11 is 0. The molecule has 0 heterocycles. The van der Waals surface area contributed by atoms with Crippen molar-refractivity contribution in [1.82, 2.24) is 5.43 Å². The molecule has 6 N–H and O–H groups in total. The minimum Gasteiger partial charge on any atom is -0.478 e. The summed E-state index contributed by atoms with van der Waals surface area (Å²) in [6, 6.07) is 0. The Labute approximate surface area is 74.4 Å². The zero-order valence-electron chi connectivity index (χ0n) is 6.80. The topological polar surface area (TPSA) is 133 Å². The fourth-order valence-electron chi connectivity index (χ4n) is 0.195. The number of aliphatic hydroxyl groups is 2. The highest BCUT2D eigenvalue weighted by Crippen LogP contribution is 1.70. The van der Waals surface area contributed by atoms with Gasteiger partial charge in [-0.1, -0.05) is 0 Å². The molecule has 0 rings (SSSR count). The molecule has 0 atom stereocenters. The third-order valence-corrected chi connectivity index (χ3v) is 0.620. The van der Waals surface area contributed by atoms with Gasteiger partial charge in [0.1, 0.15) is 0 Å². The number of nitrogens with two attached hydrogens (primary N) is 1. The summed E-state index contributed by atoms with van der Waals surface area (Å²) < 4.78 is 0. The third kappa shape index (κ3) is 18.0. The molecule has 0 saturated heterocycles. The number of carboxylic acids is 1. The molecule has 0 spiro atoms. The summed E-state index contributed by atoms with van der Waals surface area (Å²) in [5, 5.41) is 23.2. The molecule has 0 saturated carbocycles. The van der Waals surface area contributed by atoms with Gasteiger partial charge in [-0.05, 0) is 0 Å². The summed E-state index contributed by atoms with van der Waals surface area (Å²) in [7, 11) is 0. The molecule has 0 unspecified atom stereocenters. The second-order valence-corrected chi connectivity index (χ2v) is 1.63. The number of carbonyl (C=O) groups is 2. The first-order valence-corrected chi connectivity index (χ1v) is 3.21. The van der Waals surface area contributed by atoms with E-state index in [-0.39, 0.29) is 13.2 Å². The van der Waals surface area contributed by atoms with Crippen LogP contribution in [-0.4, -0.2) is 40.4 Å². The van der Waals surface area contributed by atoms with Crippen molar-refractivity contribution < 1.29 is 24.9 Å². The van der Waals surface area contributed by atoms with Gasteiger partial charge < -0.3 is 15.3 Å². The lowest BCUT2D eigenvalue weighted by Crippen LogP contribution is -2.28. The normalized spacial score (nSPS) is 8.85. The minimum absolute atomic E-state index is 0.125. The molecular formula is C6H12N2O5. The second kappa shape index (κ2) is 10.6. The molecule has 1 amide bonds. The summed E-state index contributed by atoms with van der Waals surface area (Å²) in [4.78, 5) is 19.8. The van der Waals surface area contributed by atoms with Crippen LogP contribution in [0, 0.1) is 0 Å². The first-order valence-electron chi connectivity index (χ1n) is 3.21. The van der Waals surface area contributed by atoms with Crippen molar-refractivity contribution >= 4 is 11.9 Å². The molecule has 0 aliphatic heterocycles. The molecule has 76 valence electrons. The Balaban J connectivity index is 0. The van der Waals surface area contributed by atoms with Crippen LogP contribution in [0.1, 0.15) is 0 Å². The van der Waals surface area contributed by atoms with Gasteiger partial charge in [0.15, 0.2) is 0 Å². The highest BCUT2D eigenvalue weighted by Gasteiger charge is 1.90. The van der Waals surface area contributed by atoms with Gasteiger partial charge in [-0.2, -0.15) is 0 Å². The third-order valence-electron chi connectivity index (χ3n) is 0.620. The largest absolute Gasteiger partial charge is 0.478 e. The van der Waals surface area contributed by atoms with E-state index < -0.39 is 11.9 Å². The summed E-state index contributed by atoms with van der Waals surface area (Å²) in [6.45, 7) is -0.250. The lowest BCUT2D eigenvalue weighted by Gasteiger charge is -1.85. The fraction of sp³-hybridized carbons (Fsp3) is 0.333. The molecular weight excluding hydrogens is 180 g/mol. The van der Waals surface area contributed by atoms with E-state index in [0.717, 1.165) is 6.08 Å². The Kier molecular flexibility index (Phi) is 11.5. The maximum absolute atomic E-state index is 10.1. The number of aliphatic hydroxyl groups excluding tert-OH is 2. The fourth-order valence-corrected chi connectivity index (χ4v) is 0.195. The average Bonchev–Trinajstić information content (AvgIpc) is 2.14. The second-order valence-electron chi connectivity index (χ2n) is 1.63. The SMILES string of the molecule is NNC(=O)/C=C\C(=O)O.OCCO. The number of carboxylic acid groups (broad SMARTS) is 1. The number of hydrogen-bond donors (Lipinski definition) is 5. The van der Waals surface area contributed by atoms with Crippen molar-refractivity contribution in [3.8, 4) is 0 Å². The van der Waals surface area contributed by atoms with Crippen molar-refractivity contribution in [3.05, 3.63) is 12.2 Å². The number of rotatable bonds is 3. The van der Waals surface area contributed by atoms with Crippen LogP contribution >= 0.6 is 0 Å². The highest BCUT2D eigenvalue weighted by atomic mass is 16.4. The maximum Gasteiger partial charge on any atom is 0.328 e. The van der Waals surface area contributed by atoms with Gasteiger partial charge >= 0.3 is 5.97 Å². The molecule has 13 heavy (non-hydrogen) atoms. The molecule has 0 aliphatic rings. The lowest BCUT2D eigenvalue weighted by molar-refractivity contribution is -0.131. The first kappa shape index (κ1) is 14.1. The van der Waals surface area contributed by atoms with Crippen LogP contribution in [-0.2, 0) is 9.59 Å². The van der Waals surface area contributed by atoms with Crippen LogP contribution in [0.15, 0.2) is 12.2 Å². The monoisotopic (exact) mass is 192 g/mol. The van der Waals surface area contributed by atoms with E-state index in [1.165, 1.54) is 0 Å². The predicted octanol–water partition coefficient (Wildman–Crippen LogP) is -2.41. The van der Waals surface area contributed by atoms with Crippen molar-refractivity contribution in [3.63, 3.8) is 0 Å². The molecule has 0 aromatic carbocycles. The number of hydrazine groups is 1. The van der Waals surface area contributed by atoms with E-state index in [9.17, 15) is 9.59 Å². The van der Waals surface area contributed by atoms with Crippen molar-refractivity contribution in [2.45, 2.75) is 0 Å². The molecule has 0 radical (unpaired) electrons. The molecule has 0 aliphatic carbocycles. The Morgan fingerprint density at radius 2 is 1.69 bits per heavy atom. The van der Waals surface area contributed by atoms with Crippen LogP contribution in [0.5, 0.6) is 0 Å². The van der Waals surface area contributed by atoms with Crippen LogP contribution in [0.25, 0.3) is 0 Å². The lowest BCUT2D eigenvalue weighted by atomic mass is 10.5. The molecule has 0 fully saturated rings. The Morgan fingerprint density at radius 3 is 1.92 bits per heavy atom. The molecule has 7 heteroatoms. The van der Waals surface area contributed by atoms with Gasteiger partial charge in [-0.3, -0.25) is 10.2 Å². The number of carbonyl (C=O) groups excluding carboxylic acids is 1. The minimum atomic E-state index is -1.18. The Hall–Kier alpha value is -1.44. The van der Waals surface area contributed by atoms with Crippen molar-refractivity contribution in [2.24, 2.45) is 5.84 Å². The average molecular weight is 192 g/mol. The molecule has 7 nitrogen and oxygen atoms in total. The van der Waals surface area contributed by atoms with Gasteiger partial charge in [0.25, 0.3) is 5.91 Å². The van der Waals surface area contributed by atoms with Crippen LogP contribution < -0.4 is 11.3 Å². The van der Waals surface area contributed by atoms with Gasteiger partial charge in [-0.15, -0.1) is 0 Å². The smallest absolute Gasteiger partial charge is 0.328 e. The maximum atomic E-state index is 10.1. The van der Waals surface area contributed by atoms with E-state index in [2.05, 4.69) is 5.84 Å². The van der Waals surface area contributed by atoms with Gasteiger partial charge in [0.2, 0.25) is 0 Å². The first-order chi connectivity index (χ1) is 6.08. The van der Waals surface area contributed by atoms with E-state index >= 15 is 0 Å². The number of aliphatic carboxylic acids is 1. The highest BCUT2D eigenvalue weighted by molar-refractivity contribution is 5.93. The van der Waals surface area contributed by atoms with E-state index in [1.807, 2.05) is 0 Å². The number of hydrogen-bond acceptors (Lipinski definition) is 5. The van der Waals surface area contributed by atoms with Crippen molar-refractivity contribution in [1.29, 1.82) is 0 Å². The standard InChI is InChI=1S/C4H6N2O3.C2H6O2/c5-6-3(7)1-2-4(8)9;3-1-2-4/h1-2H,5H2,(H,6,7)(H,8,9);3-4H,1-2H2/b2-1-;. The molecule has 0 aromatic rings. The summed E-state index contributed by atoms with van der Waals surface area (Å²) in [5.74, 6) is 2.79. The van der Waals surface area contributed by atoms with E-state index in [0.29, 0.717) is 6.08 Å². The predicted molar refractivity (Wildman–Crippen MR) is 43.3 cm³/mol. The van der Waals surface area contributed by atoms with E-state index in [4.69, 9.17) is 15.3 Å². The van der Waals surface area contributed by atoms with Gasteiger partial charge in [0.05, 0.1) is 13.2 Å². The van der Waals surface area contributed by atoms with E-state index in [1.54, 1.807) is 5.43 Å². The van der Waals surface area contributed by atoms with Crippen molar-refractivity contribution in [2.75, 3.05) is 13.2 Å². The zero-order chi connectivity index (χ0) is 10.7. The number of nitrogens with one attached hydrogen (secondary N) is 1. The zero-order valence-corrected chi connectivity index (χ0v) is 6.80. The summed E-state index contributed by atoms with van der Waals surface area (Å²) in [6.07, 6.45) is 1.52. The molecule has 0 aromatic heterocycles. The van der Waals surface area contributed by atoms with Crippen LogP contribution in [0.3, 0.4) is 0 Å². The van der Waals surface area contributed by atoms with Gasteiger partial charge in [-0.25, -0.2) is 10.6 Å². The Bertz CT molecular complexity index is 178. The Morgan fingerprint density at radius 1 is 1.23 bits per heavy atom. The van der Waals surface area contributed by atoms with Gasteiger partial charge in [0, 0.05) is 12.2 Å².